The van der Waals surface area contributed by atoms with E-state index < -0.39 is 0 Å². The average molecular weight is 259 g/mol. The molecule has 0 spiro atoms. The van der Waals surface area contributed by atoms with Crippen LogP contribution >= 0.6 is 0 Å². The van der Waals surface area contributed by atoms with E-state index in [1.807, 2.05) is 0 Å². The molecule has 2 aliphatic rings. The molecule has 0 saturated heterocycles. The Kier molecular flexibility index (Phi) is 3.53. The van der Waals surface area contributed by atoms with Crippen molar-refractivity contribution < 1.29 is 5.11 Å². The molecule has 1 aromatic carbocycles. The number of likely N-dealkylation sites (N-methyl/N-ethyl adjacent to an activating group) is 1. The van der Waals surface area contributed by atoms with Gasteiger partial charge in [-0.3, -0.25) is 0 Å². The minimum atomic E-state index is -0.260. The molecule has 3 rings (SSSR count). The molecule has 104 valence electrons. The van der Waals surface area contributed by atoms with Gasteiger partial charge >= 0.3 is 0 Å². The zero-order valence-electron chi connectivity index (χ0n) is 12.1. The highest BCUT2D eigenvalue weighted by molar-refractivity contribution is 5.58. The summed E-state index contributed by atoms with van der Waals surface area (Å²) in [5.41, 5.74) is 3.88. The molecule has 1 aliphatic carbocycles. The van der Waals surface area contributed by atoms with Crippen LogP contribution in [0.4, 0.5) is 5.69 Å². The number of rotatable bonds is 2. The zero-order chi connectivity index (χ0) is 13.4. The molecule has 0 bridgehead atoms. The number of fused-ring (bicyclic) bond motifs is 1. The minimum absolute atomic E-state index is 0.260. The number of nitrogens with zero attached hydrogens (tertiary/aromatic N) is 1. The van der Waals surface area contributed by atoms with Gasteiger partial charge in [-0.15, -0.1) is 0 Å². The maximum absolute atomic E-state index is 10.6. The Morgan fingerprint density at radius 3 is 2.68 bits per heavy atom. The Balaban J connectivity index is 1.75. The molecular formula is C17H25NO. The van der Waals surface area contributed by atoms with E-state index in [1.54, 1.807) is 0 Å². The number of anilines is 1. The molecule has 19 heavy (non-hydrogen) atoms. The Morgan fingerprint density at radius 2 is 1.95 bits per heavy atom. The molecule has 2 nitrogen and oxygen atoms in total. The predicted octanol–water partition coefficient (Wildman–Crippen LogP) is 3.54. The second kappa shape index (κ2) is 5.16. The lowest BCUT2D eigenvalue weighted by Crippen LogP contribution is -2.19. The topological polar surface area (TPSA) is 23.5 Å². The number of benzene rings is 1. The van der Waals surface area contributed by atoms with Crippen LogP contribution in [0.3, 0.4) is 0 Å². The van der Waals surface area contributed by atoms with E-state index in [4.69, 9.17) is 0 Å². The van der Waals surface area contributed by atoms with Gasteiger partial charge in [-0.05, 0) is 48.3 Å². The molecule has 1 unspecified atom stereocenters. The van der Waals surface area contributed by atoms with Crippen molar-refractivity contribution in [1.29, 1.82) is 0 Å². The number of aliphatic hydroxyl groups excluding tert-OH is 1. The highest BCUT2D eigenvalue weighted by atomic mass is 16.3. The zero-order valence-corrected chi connectivity index (χ0v) is 12.1. The molecule has 1 fully saturated rings. The molecule has 0 amide bonds. The first-order valence-corrected chi connectivity index (χ1v) is 7.67. The van der Waals surface area contributed by atoms with Crippen molar-refractivity contribution in [2.45, 2.75) is 45.1 Å². The first-order chi connectivity index (χ1) is 9.15. The van der Waals surface area contributed by atoms with Crippen molar-refractivity contribution in [3.05, 3.63) is 29.3 Å². The third kappa shape index (κ3) is 2.51. The van der Waals surface area contributed by atoms with E-state index in [0.717, 1.165) is 24.4 Å². The summed E-state index contributed by atoms with van der Waals surface area (Å²) in [6, 6.07) is 6.55. The fraction of sp³-hybridized carbons (Fsp3) is 0.647. The van der Waals surface area contributed by atoms with E-state index in [1.165, 1.54) is 36.9 Å². The molecule has 1 N–H and O–H groups in total. The van der Waals surface area contributed by atoms with Gasteiger partial charge in [0, 0.05) is 19.3 Å². The van der Waals surface area contributed by atoms with Crippen LogP contribution in [0.1, 0.15) is 49.8 Å². The van der Waals surface area contributed by atoms with Crippen LogP contribution in [0.5, 0.6) is 0 Å². The van der Waals surface area contributed by atoms with E-state index in [-0.39, 0.29) is 6.10 Å². The number of aliphatic hydroxyl groups is 1. The molecule has 1 atom stereocenters. The highest BCUT2D eigenvalue weighted by Crippen LogP contribution is 2.38. The molecule has 0 radical (unpaired) electrons. The standard InChI is InChI=1S/C17H25NO/c1-12-3-5-13(6-4-12)17(19)15-7-8-16-14(11-15)9-10-18(16)2/h7-8,11-13,17,19H,3-6,9-10H2,1-2H3. The first-order valence-electron chi connectivity index (χ1n) is 7.67. The summed E-state index contributed by atoms with van der Waals surface area (Å²) in [5, 5.41) is 10.6. The van der Waals surface area contributed by atoms with Crippen LogP contribution in [-0.2, 0) is 6.42 Å². The van der Waals surface area contributed by atoms with Crippen LogP contribution in [0.2, 0.25) is 0 Å². The fourth-order valence-electron chi connectivity index (χ4n) is 3.64. The van der Waals surface area contributed by atoms with Crippen molar-refractivity contribution >= 4 is 5.69 Å². The normalized spacial score (nSPS) is 28.3. The van der Waals surface area contributed by atoms with E-state index in [9.17, 15) is 5.11 Å². The Morgan fingerprint density at radius 1 is 1.21 bits per heavy atom. The van der Waals surface area contributed by atoms with Crippen LogP contribution in [0.15, 0.2) is 18.2 Å². The van der Waals surface area contributed by atoms with E-state index in [2.05, 4.69) is 37.1 Å². The summed E-state index contributed by atoms with van der Waals surface area (Å²) in [4.78, 5) is 2.30. The summed E-state index contributed by atoms with van der Waals surface area (Å²) in [6.45, 7) is 3.43. The fourth-order valence-corrected chi connectivity index (χ4v) is 3.64. The Hall–Kier alpha value is -1.02. The maximum Gasteiger partial charge on any atom is 0.0818 e. The van der Waals surface area contributed by atoms with Crippen molar-refractivity contribution in [2.24, 2.45) is 11.8 Å². The van der Waals surface area contributed by atoms with Crippen molar-refractivity contribution in [2.75, 3.05) is 18.5 Å². The SMILES string of the molecule is CC1CCC(C(O)c2ccc3c(c2)CCN3C)CC1. The highest BCUT2D eigenvalue weighted by Gasteiger charge is 2.26. The van der Waals surface area contributed by atoms with Crippen LogP contribution in [0, 0.1) is 11.8 Å². The largest absolute Gasteiger partial charge is 0.388 e. The first kappa shape index (κ1) is 13.0. The smallest absolute Gasteiger partial charge is 0.0818 e. The molecular weight excluding hydrogens is 234 g/mol. The minimum Gasteiger partial charge on any atom is -0.388 e. The lowest BCUT2D eigenvalue weighted by molar-refractivity contribution is 0.0755. The van der Waals surface area contributed by atoms with Gasteiger partial charge in [-0.25, -0.2) is 0 Å². The van der Waals surface area contributed by atoms with Gasteiger partial charge in [-0.1, -0.05) is 31.9 Å². The van der Waals surface area contributed by atoms with Crippen LogP contribution in [-0.4, -0.2) is 18.7 Å². The van der Waals surface area contributed by atoms with Gasteiger partial charge in [-0.2, -0.15) is 0 Å². The van der Waals surface area contributed by atoms with Gasteiger partial charge in [0.2, 0.25) is 0 Å². The third-order valence-corrected chi connectivity index (χ3v) is 5.08. The predicted molar refractivity (Wildman–Crippen MR) is 79.5 cm³/mol. The van der Waals surface area contributed by atoms with Gasteiger partial charge < -0.3 is 10.0 Å². The van der Waals surface area contributed by atoms with E-state index in [0.29, 0.717) is 5.92 Å². The quantitative estimate of drug-likeness (QED) is 0.878. The molecule has 1 aromatic rings. The Bertz CT molecular complexity index is 449. The van der Waals surface area contributed by atoms with Crippen molar-refractivity contribution in [3.63, 3.8) is 0 Å². The van der Waals surface area contributed by atoms with E-state index >= 15 is 0 Å². The molecule has 1 saturated carbocycles. The molecule has 1 aliphatic heterocycles. The molecule has 1 heterocycles. The molecule has 2 heteroatoms. The average Bonchev–Trinajstić information content (AvgIpc) is 2.80. The van der Waals surface area contributed by atoms with Gasteiger partial charge in [0.05, 0.1) is 6.10 Å². The lowest BCUT2D eigenvalue weighted by Gasteiger charge is -2.30. The van der Waals surface area contributed by atoms with Crippen molar-refractivity contribution in [1.82, 2.24) is 0 Å². The second-order valence-corrected chi connectivity index (χ2v) is 6.52. The maximum atomic E-state index is 10.6. The van der Waals surface area contributed by atoms with Crippen LogP contribution in [0.25, 0.3) is 0 Å². The summed E-state index contributed by atoms with van der Waals surface area (Å²) >= 11 is 0. The van der Waals surface area contributed by atoms with Gasteiger partial charge in [0.15, 0.2) is 0 Å². The van der Waals surface area contributed by atoms with Crippen molar-refractivity contribution in [3.8, 4) is 0 Å². The van der Waals surface area contributed by atoms with Gasteiger partial charge in [0.25, 0.3) is 0 Å². The number of hydrogen-bond acceptors (Lipinski definition) is 2. The summed E-state index contributed by atoms with van der Waals surface area (Å²) in [6.07, 6.45) is 5.76. The third-order valence-electron chi connectivity index (χ3n) is 5.08. The summed E-state index contributed by atoms with van der Waals surface area (Å²) < 4.78 is 0. The summed E-state index contributed by atoms with van der Waals surface area (Å²) in [5.74, 6) is 1.31. The van der Waals surface area contributed by atoms with Gasteiger partial charge in [0.1, 0.15) is 0 Å². The lowest BCUT2D eigenvalue weighted by atomic mass is 9.78. The monoisotopic (exact) mass is 259 g/mol. The second-order valence-electron chi connectivity index (χ2n) is 6.52. The van der Waals surface area contributed by atoms with Crippen LogP contribution < -0.4 is 4.90 Å². The molecule has 0 aromatic heterocycles. The number of hydrogen-bond donors (Lipinski definition) is 1. The Labute approximate surface area is 116 Å². The summed E-state index contributed by atoms with van der Waals surface area (Å²) in [7, 11) is 2.14.